The molecule has 4 nitrogen and oxygen atoms in total. The molecule has 17 heavy (non-hydrogen) atoms. The standard InChI is InChI=1S/C13H18N2O2/c1-8-5-9(2)15(7-8)13(17)10-3-4-11(14)12(16)6-10/h3-4,6,8-9,16H,5,7,14H2,1-2H3. The van der Waals surface area contributed by atoms with E-state index in [0.717, 1.165) is 13.0 Å². The Morgan fingerprint density at radius 2 is 2.18 bits per heavy atom. The number of nitrogens with two attached hydrogens (primary N) is 1. The Hall–Kier alpha value is -1.71. The van der Waals surface area contributed by atoms with E-state index in [2.05, 4.69) is 13.8 Å². The van der Waals surface area contributed by atoms with Crippen LogP contribution in [0.3, 0.4) is 0 Å². The number of hydrogen-bond donors (Lipinski definition) is 2. The van der Waals surface area contributed by atoms with Gasteiger partial charge >= 0.3 is 0 Å². The van der Waals surface area contributed by atoms with Crippen LogP contribution in [0.15, 0.2) is 18.2 Å². The van der Waals surface area contributed by atoms with Crippen molar-refractivity contribution in [1.82, 2.24) is 4.90 Å². The normalized spacial score (nSPS) is 24.0. The lowest BCUT2D eigenvalue weighted by Crippen LogP contribution is -2.33. The maximum Gasteiger partial charge on any atom is 0.254 e. The summed E-state index contributed by atoms with van der Waals surface area (Å²) in [5.41, 5.74) is 6.31. The predicted molar refractivity (Wildman–Crippen MR) is 66.8 cm³/mol. The van der Waals surface area contributed by atoms with Gasteiger partial charge < -0.3 is 15.7 Å². The Morgan fingerprint density at radius 1 is 1.47 bits per heavy atom. The molecular weight excluding hydrogens is 216 g/mol. The quantitative estimate of drug-likeness (QED) is 0.575. The molecule has 0 radical (unpaired) electrons. The third-order valence-corrected chi connectivity index (χ3v) is 3.32. The molecule has 1 aromatic rings. The minimum absolute atomic E-state index is 0.0304. The monoisotopic (exact) mass is 234 g/mol. The highest BCUT2D eigenvalue weighted by atomic mass is 16.3. The van der Waals surface area contributed by atoms with Crippen LogP contribution in [0.4, 0.5) is 5.69 Å². The second kappa shape index (κ2) is 4.28. The average molecular weight is 234 g/mol. The van der Waals surface area contributed by atoms with Crippen LogP contribution in [0.25, 0.3) is 0 Å². The lowest BCUT2D eigenvalue weighted by atomic mass is 10.1. The molecule has 3 N–H and O–H groups in total. The number of hydrogen-bond acceptors (Lipinski definition) is 3. The van der Waals surface area contributed by atoms with Crippen molar-refractivity contribution in [3.05, 3.63) is 23.8 Å². The van der Waals surface area contributed by atoms with Gasteiger partial charge in [0.2, 0.25) is 0 Å². The zero-order chi connectivity index (χ0) is 12.6. The largest absolute Gasteiger partial charge is 0.506 e. The number of likely N-dealkylation sites (tertiary alicyclic amines) is 1. The first-order chi connectivity index (χ1) is 7.99. The summed E-state index contributed by atoms with van der Waals surface area (Å²) in [7, 11) is 0. The van der Waals surface area contributed by atoms with Crippen LogP contribution in [-0.4, -0.2) is 28.5 Å². The van der Waals surface area contributed by atoms with Crippen LogP contribution in [0.5, 0.6) is 5.75 Å². The summed E-state index contributed by atoms with van der Waals surface area (Å²) in [6, 6.07) is 4.92. The molecule has 1 aliphatic rings. The van der Waals surface area contributed by atoms with Crippen LogP contribution in [0.2, 0.25) is 0 Å². The van der Waals surface area contributed by atoms with Crippen LogP contribution < -0.4 is 5.73 Å². The van der Waals surface area contributed by atoms with Gasteiger partial charge in [-0.15, -0.1) is 0 Å². The molecule has 1 aromatic carbocycles. The van der Waals surface area contributed by atoms with E-state index in [-0.39, 0.29) is 17.7 Å². The van der Waals surface area contributed by atoms with Crippen molar-refractivity contribution in [3.63, 3.8) is 0 Å². The van der Waals surface area contributed by atoms with E-state index in [1.165, 1.54) is 6.07 Å². The molecule has 4 heteroatoms. The van der Waals surface area contributed by atoms with Gasteiger partial charge in [0.15, 0.2) is 0 Å². The fraction of sp³-hybridized carbons (Fsp3) is 0.462. The summed E-state index contributed by atoms with van der Waals surface area (Å²) in [6.45, 7) is 4.98. The zero-order valence-corrected chi connectivity index (χ0v) is 10.2. The molecule has 0 spiro atoms. The van der Waals surface area contributed by atoms with Crippen LogP contribution in [0.1, 0.15) is 30.6 Å². The highest BCUT2D eigenvalue weighted by molar-refractivity contribution is 5.95. The van der Waals surface area contributed by atoms with E-state index in [1.807, 2.05) is 4.90 Å². The van der Waals surface area contributed by atoms with Gasteiger partial charge in [-0.1, -0.05) is 6.92 Å². The molecule has 1 saturated heterocycles. The molecular formula is C13H18N2O2. The molecule has 1 amide bonds. The zero-order valence-electron chi connectivity index (χ0n) is 10.2. The number of nitrogen functional groups attached to an aromatic ring is 1. The van der Waals surface area contributed by atoms with Crippen molar-refractivity contribution in [1.29, 1.82) is 0 Å². The lowest BCUT2D eigenvalue weighted by molar-refractivity contribution is 0.0743. The summed E-state index contributed by atoms with van der Waals surface area (Å²) >= 11 is 0. The highest BCUT2D eigenvalue weighted by Crippen LogP contribution is 2.26. The van der Waals surface area contributed by atoms with Gasteiger partial charge in [-0.2, -0.15) is 0 Å². The minimum Gasteiger partial charge on any atom is -0.506 e. The molecule has 2 atom stereocenters. The molecule has 0 bridgehead atoms. The summed E-state index contributed by atoms with van der Waals surface area (Å²) in [6.07, 6.45) is 1.03. The number of anilines is 1. The lowest BCUT2D eigenvalue weighted by Gasteiger charge is -2.21. The van der Waals surface area contributed by atoms with Gasteiger partial charge in [-0.3, -0.25) is 4.79 Å². The number of carbonyl (C=O) groups is 1. The number of amides is 1. The Bertz CT molecular complexity index is 445. The van der Waals surface area contributed by atoms with Gasteiger partial charge in [0.25, 0.3) is 5.91 Å². The molecule has 0 aromatic heterocycles. The molecule has 2 rings (SSSR count). The Morgan fingerprint density at radius 3 is 2.71 bits per heavy atom. The van der Waals surface area contributed by atoms with Gasteiger partial charge in [-0.25, -0.2) is 0 Å². The van der Waals surface area contributed by atoms with Gasteiger partial charge in [0.1, 0.15) is 5.75 Å². The first-order valence-corrected chi connectivity index (χ1v) is 5.88. The number of phenols is 1. The Kier molecular flexibility index (Phi) is 2.96. The van der Waals surface area contributed by atoms with Crippen molar-refractivity contribution in [2.75, 3.05) is 12.3 Å². The fourth-order valence-corrected chi connectivity index (χ4v) is 2.43. The van der Waals surface area contributed by atoms with Crippen molar-refractivity contribution in [2.24, 2.45) is 5.92 Å². The van der Waals surface area contributed by atoms with Crippen LogP contribution in [-0.2, 0) is 0 Å². The molecule has 1 heterocycles. The van der Waals surface area contributed by atoms with Crippen molar-refractivity contribution >= 4 is 11.6 Å². The van der Waals surface area contributed by atoms with E-state index in [1.54, 1.807) is 12.1 Å². The molecule has 1 fully saturated rings. The first-order valence-electron chi connectivity index (χ1n) is 5.88. The molecule has 1 aliphatic heterocycles. The van der Waals surface area contributed by atoms with Gasteiger partial charge in [0.05, 0.1) is 5.69 Å². The predicted octanol–water partition coefficient (Wildman–Crippen LogP) is 1.84. The van der Waals surface area contributed by atoms with Crippen molar-refractivity contribution < 1.29 is 9.90 Å². The fourth-order valence-electron chi connectivity index (χ4n) is 2.43. The molecule has 0 saturated carbocycles. The molecule has 0 aliphatic carbocycles. The Labute approximate surface area is 101 Å². The van der Waals surface area contributed by atoms with Crippen LogP contribution in [0, 0.1) is 5.92 Å². The number of nitrogens with zero attached hydrogens (tertiary/aromatic N) is 1. The SMILES string of the molecule is CC1CC(C)N(C(=O)c2ccc(N)c(O)c2)C1. The van der Waals surface area contributed by atoms with E-state index in [4.69, 9.17) is 5.73 Å². The third-order valence-electron chi connectivity index (χ3n) is 3.32. The summed E-state index contributed by atoms with van der Waals surface area (Å²) in [5.74, 6) is 0.476. The highest BCUT2D eigenvalue weighted by Gasteiger charge is 2.30. The number of carbonyl (C=O) groups excluding carboxylic acids is 1. The van der Waals surface area contributed by atoms with Crippen molar-refractivity contribution in [2.45, 2.75) is 26.3 Å². The first kappa shape index (κ1) is 11.8. The Balaban J connectivity index is 2.22. The van der Waals surface area contributed by atoms with E-state index >= 15 is 0 Å². The summed E-state index contributed by atoms with van der Waals surface area (Å²) in [4.78, 5) is 14.1. The number of aromatic hydroxyl groups is 1. The van der Waals surface area contributed by atoms with Gasteiger partial charge in [0, 0.05) is 18.2 Å². The van der Waals surface area contributed by atoms with Crippen LogP contribution >= 0.6 is 0 Å². The summed E-state index contributed by atoms with van der Waals surface area (Å²) < 4.78 is 0. The van der Waals surface area contributed by atoms with Gasteiger partial charge in [-0.05, 0) is 37.5 Å². The second-order valence-electron chi connectivity index (χ2n) is 4.92. The van der Waals surface area contributed by atoms with E-state index < -0.39 is 0 Å². The number of benzene rings is 1. The molecule has 92 valence electrons. The number of phenolic OH excluding ortho intramolecular Hbond substituents is 1. The van der Waals surface area contributed by atoms with Crippen molar-refractivity contribution in [3.8, 4) is 5.75 Å². The maximum atomic E-state index is 12.2. The smallest absolute Gasteiger partial charge is 0.254 e. The topological polar surface area (TPSA) is 66.6 Å². The van der Waals surface area contributed by atoms with E-state index in [0.29, 0.717) is 17.2 Å². The maximum absolute atomic E-state index is 12.2. The molecule has 2 unspecified atom stereocenters. The third kappa shape index (κ3) is 2.20. The second-order valence-corrected chi connectivity index (χ2v) is 4.92. The number of rotatable bonds is 1. The summed E-state index contributed by atoms with van der Waals surface area (Å²) in [5, 5.41) is 9.51. The average Bonchev–Trinajstić information content (AvgIpc) is 2.61. The van der Waals surface area contributed by atoms with E-state index in [9.17, 15) is 9.90 Å². The minimum atomic E-state index is -0.0317.